The van der Waals surface area contributed by atoms with Gasteiger partial charge in [0.1, 0.15) is 18.7 Å². The molecule has 0 N–H and O–H groups in total. The van der Waals surface area contributed by atoms with Crippen molar-refractivity contribution in [1.82, 2.24) is 9.80 Å². The highest BCUT2D eigenvalue weighted by Gasteiger charge is 2.39. The number of nitrogens with zero attached hydrogens (tertiary/aromatic N) is 2. The Morgan fingerprint density at radius 2 is 1.29 bits per heavy atom. The van der Waals surface area contributed by atoms with Crippen LogP contribution in [-0.2, 0) is 19.1 Å². The van der Waals surface area contributed by atoms with Gasteiger partial charge in [0.05, 0.1) is 7.11 Å². The number of hydrogen-bond acceptors (Lipinski definition) is 5. The van der Waals surface area contributed by atoms with Crippen LogP contribution in [-0.4, -0.2) is 67.7 Å². The molecule has 0 spiro atoms. The molecule has 0 aliphatic heterocycles. The Kier molecular flexibility index (Phi) is 8.20. The zero-order valence-electron chi connectivity index (χ0n) is 21.6. The molecule has 0 saturated heterocycles. The van der Waals surface area contributed by atoms with Crippen LogP contribution in [0, 0.1) is 11.8 Å². The monoisotopic (exact) mass is 480 g/mol. The van der Waals surface area contributed by atoms with Crippen molar-refractivity contribution < 1.29 is 23.9 Å². The van der Waals surface area contributed by atoms with E-state index >= 15 is 0 Å². The first kappa shape index (κ1) is 26.3. The molecule has 2 atom stereocenters. The third-order valence-electron chi connectivity index (χ3n) is 6.76. The molecule has 0 saturated carbocycles. The molecule has 2 aromatic rings. The van der Waals surface area contributed by atoms with E-state index in [4.69, 9.17) is 9.47 Å². The standard InChI is InChI=1S/C28H36N2O5/c1-17(2)24(26(31)29(5)25(18(3)4)27(32)34-7)30(6)28(33)35-16-23-21-14-10-8-12-19(21)20-13-9-11-15-22(20)23/h8-15,17-18,23-25H,16H2,1-7H3/t24-,25-/m0/s1. The van der Waals surface area contributed by atoms with Crippen LogP contribution < -0.4 is 0 Å². The molecule has 0 bridgehead atoms. The lowest BCUT2D eigenvalue weighted by Gasteiger charge is -2.36. The quantitative estimate of drug-likeness (QED) is 0.518. The van der Waals surface area contributed by atoms with Gasteiger partial charge in [-0.25, -0.2) is 9.59 Å². The predicted molar refractivity (Wildman–Crippen MR) is 135 cm³/mol. The number of ether oxygens (including phenoxy) is 2. The van der Waals surface area contributed by atoms with Crippen molar-refractivity contribution in [3.8, 4) is 11.1 Å². The van der Waals surface area contributed by atoms with Gasteiger partial charge in [-0.3, -0.25) is 9.69 Å². The highest BCUT2D eigenvalue weighted by Crippen LogP contribution is 2.44. The third-order valence-corrected chi connectivity index (χ3v) is 6.76. The second-order valence-corrected chi connectivity index (χ2v) is 9.76. The number of methoxy groups -OCH3 is 1. The molecule has 3 rings (SSSR count). The summed E-state index contributed by atoms with van der Waals surface area (Å²) in [5, 5.41) is 0. The smallest absolute Gasteiger partial charge is 0.410 e. The molecule has 2 aromatic carbocycles. The number of carbonyl (C=O) groups excluding carboxylic acids is 3. The van der Waals surface area contributed by atoms with E-state index in [0.29, 0.717) is 0 Å². The number of hydrogen-bond donors (Lipinski definition) is 0. The lowest BCUT2D eigenvalue weighted by molar-refractivity contribution is -0.155. The van der Waals surface area contributed by atoms with Crippen molar-refractivity contribution in [2.24, 2.45) is 11.8 Å². The summed E-state index contributed by atoms with van der Waals surface area (Å²) in [5.41, 5.74) is 4.55. The summed E-state index contributed by atoms with van der Waals surface area (Å²) in [5.74, 6) is -1.23. The molecule has 7 heteroatoms. The Balaban J connectivity index is 1.76. The molecule has 2 amide bonds. The van der Waals surface area contributed by atoms with Crippen LogP contribution in [0.5, 0.6) is 0 Å². The van der Waals surface area contributed by atoms with E-state index in [2.05, 4.69) is 24.3 Å². The lowest BCUT2D eigenvalue weighted by atomic mass is 9.97. The minimum Gasteiger partial charge on any atom is -0.467 e. The highest BCUT2D eigenvalue weighted by molar-refractivity contribution is 5.90. The number of rotatable bonds is 8. The van der Waals surface area contributed by atoms with Gasteiger partial charge in [-0.2, -0.15) is 0 Å². The fourth-order valence-electron chi connectivity index (χ4n) is 5.05. The first-order chi connectivity index (χ1) is 16.6. The fourth-order valence-corrected chi connectivity index (χ4v) is 5.05. The molecule has 7 nitrogen and oxygen atoms in total. The van der Waals surface area contributed by atoms with E-state index < -0.39 is 24.1 Å². The SMILES string of the molecule is COC(=O)[C@H](C(C)C)N(C)C(=O)[C@H](C(C)C)N(C)C(=O)OCC1c2ccccc2-c2ccccc21. The molecule has 0 radical (unpaired) electrons. The van der Waals surface area contributed by atoms with Gasteiger partial charge in [0, 0.05) is 20.0 Å². The number of amides is 2. The number of carbonyl (C=O) groups is 3. The highest BCUT2D eigenvalue weighted by atomic mass is 16.6. The summed E-state index contributed by atoms with van der Waals surface area (Å²) in [6, 6.07) is 14.7. The van der Waals surface area contributed by atoms with Crippen molar-refractivity contribution in [2.45, 2.75) is 45.7 Å². The first-order valence-corrected chi connectivity index (χ1v) is 12.0. The molecule has 188 valence electrons. The van der Waals surface area contributed by atoms with Crippen LogP contribution in [0.15, 0.2) is 48.5 Å². The summed E-state index contributed by atoms with van der Waals surface area (Å²) in [7, 11) is 4.45. The van der Waals surface area contributed by atoms with Crippen molar-refractivity contribution in [2.75, 3.05) is 27.8 Å². The van der Waals surface area contributed by atoms with Gasteiger partial charge < -0.3 is 14.4 Å². The maximum atomic E-state index is 13.5. The van der Waals surface area contributed by atoms with E-state index in [0.717, 1.165) is 22.3 Å². The average Bonchev–Trinajstić information content (AvgIpc) is 3.15. The minimum absolute atomic E-state index is 0.0692. The summed E-state index contributed by atoms with van der Waals surface area (Å²) in [4.78, 5) is 41.6. The van der Waals surface area contributed by atoms with E-state index in [1.54, 1.807) is 14.1 Å². The van der Waals surface area contributed by atoms with Gasteiger partial charge in [0.25, 0.3) is 0 Å². The maximum absolute atomic E-state index is 13.5. The Labute approximate surface area is 208 Å². The number of esters is 1. The van der Waals surface area contributed by atoms with Gasteiger partial charge >= 0.3 is 12.1 Å². The maximum Gasteiger partial charge on any atom is 0.410 e. The Bertz CT molecular complexity index is 1040. The Morgan fingerprint density at radius 1 is 0.800 bits per heavy atom. The van der Waals surface area contributed by atoms with E-state index in [9.17, 15) is 14.4 Å². The second kappa shape index (κ2) is 10.9. The van der Waals surface area contributed by atoms with Gasteiger partial charge in [0.15, 0.2) is 0 Å². The van der Waals surface area contributed by atoms with Gasteiger partial charge in [0.2, 0.25) is 5.91 Å². The number of benzene rings is 2. The van der Waals surface area contributed by atoms with Gasteiger partial charge in [-0.05, 0) is 34.1 Å². The van der Waals surface area contributed by atoms with Gasteiger partial charge in [-0.15, -0.1) is 0 Å². The summed E-state index contributed by atoms with van der Waals surface area (Å²) in [6.07, 6.45) is -0.577. The zero-order chi connectivity index (χ0) is 25.9. The molecule has 1 aliphatic carbocycles. The van der Waals surface area contributed by atoms with Crippen molar-refractivity contribution in [3.63, 3.8) is 0 Å². The van der Waals surface area contributed by atoms with E-state index in [-0.39, 0.29) is 30.3 Å². The van der Waals surface area contributed by atoms with Crippen LogP contribution >= 0.6 is 0 Å². The molecule has 0 unspecified atom stereocenters. The Hall–Kier alpha value is -3.35. The van der Waals surface area contributed by atoms with E-state index in [1.807, 2.05) is 52.0 Å². The molecule has 0 heterocycles. The molecule has 0 aromatic heterocycles. The lowest BCUT2D eigenvalue weighted by Crippen LogP contribution is -2.56. The van der Waals surface area contributed by atoms with Crippen LogP contribution in [0.25, 0.3) is 11.1 Å². The van der Waals surface area contributed by atoms with Crippen molar-refractivity contribution >= 4 is 18.0 Å². The number of fused-ring (bicyclic) bond motifs is 3. The van der Waals surface area contributed by atoms with Crippen molar-refractivity contribution in [3.05, 3.63) is 59.7 Å². The predicted octanol–water partition coefficient (Wildman–Crippen LogP) is 4.55. The minimum atomic E-state index is -0.790. The fraction of sp³-hybridized carbons (Fsp3) is 0.464. The molecule has 0 fully saturated rings. The van der Waals surface area contributed by atoms with Crippen LogP contribution in [0.4, 0.5) is 4.79 Å². The third kappa shape index (κ3) is 5.19. The summed E-state index contributed by atoms with van der Waals surface area (Å²) in [6.45, 7) is 7.61. The van der Waals surface area contributed by atoms with Crippen LogP contribution in [0.3, 0.4) is 0 Å². The first-order valence-electron chi connectivity index (χ1n) is 12.0. The second-order valence-electron chi connectivity index (χ2n) is 9.76. The average molecular weight is 481 g/mol. The normalized spacial score (nSPS) is 14.2. The Morgan fingerprint density at radius 3 is 1.74 bits per heavy atom. The topological polar surface area (TPSA) is 76.2 Å². The van der Waals surface area contributed by atoms with Crippen LogP contribution in [0.2, 0.25) is 0 Å². The summed E-state index contributed by atoms with van der Waals surface area (Å²) >= 11 is 0. The molecular formula is C28H36N2O5. The zero-order valence-corrected chi connectivity index (χ0v) is 21.6. The molecule has 1 aliphatic rings. The number of likely N-dealkylation sites (N-methyl/N-ethyl adjacent to an activating group) is 2. The summed E-state index contributed by atoms with van der Waals surface area (Å²) < 4.78 is 10.7. The van der Waals surface area contributed by atoms with Crippen LogP contribution in [0.1, 0.15) is 44.7 Å². The molecule has 35 heavy (non-hydrogen) atoms. The largest absolute Gasteiger partial charge is 0.467 e. The van der Waals surface area contributed by atoms with Gasteiger partial charge in [-0.1, -0.05) is 76.2 Å². The molecular weight excluding hydrogens is 444 g/mol. The van der Waals surface area contributed by atoms with Crippen molar-refractivity contribution in [1.29, 1.82) is 0 Å². The van der Waals surface area contributed by atoms with E-state index in [1.165, 1.54) is 16.9 Å².